The summed E-state index contributed by atoms with van der Waals surface area (Å²) in [5.74, 6) is 2.00. The summed E-state index contributed by atoms with van der Waals surface area (Å²) in [6, 6.07) is 0. The first kappa shape index (κ1) is 15.0. The molecule has 19 heavy (non-hydrogen) atoms. The molecular weight excluding hydrogens is 353 g/mol. The van der Waals surface area contributed by atoms with Gasteiger partial charge in [-0.1, -0.05) is 20.3 Å². The third-order valence-electron chi connectivity index (χ3n) is 4.03. The highest BCUT2D eigenvalue weighted by Crippen LogP contribution is 2.41. The maximum atomic E-state index is 6.04. The second-order valence-electron chi connectivity index (χ2n) is 5.45. The van der Waals surface area contributed by atoms with E-state index >= 15 is 0 Å². The Balaban J connectivity index is 2.46. The summed E-state index contributed by atoms with van der Waals surface area (Å²) in [7, 11) is 1.77. The van der Waals surface area contributed by atoms with E-state index in [-0.39, 0.29) is 5.60 Å². The fourth-order valence-electron chi connectivity index (χ4n) is 2.93. The van der Waals surface area contributed by atoms with Gasteiger partial charge >= 0.3 is 0 Å². The number of aryl methyl sites for hydroxylation is 1. The average molecular weight is 375 g/mol. The monoisotopic (exact) mass is 375 g/mol. The molecule has 1 heterocycles. The molecule has 1 saturated carbocycles. The second-order valence-corrected chi connectivity index (χ2v) is 6.53. The van der Waals surface area contributed by atoms with Crippen LogP contribution in [0.5, 0.6) is 0 Å². The van der Waals surface area contributed by atoms with Gasteiger partial charge in [0.1, 0.15) is 11.4 Å². The van der Waals surface area contributed by atoms with Gasteiger partial charge in [-0.25, -0.2) is 9.97 Å². The number of methoxy groups -OCH3 is 1. The Morgan fingerprint density at radius 2 is 2.21 bits per heavy atom. The van der Waals surface area contributed by atoms with Crippen LogP contribution in [-0.2, 0) is 16.8 Å². The normalized spacial score (nSPS) is 27.5. The average Bonchev–Trinajstić information content (AvgIpc) is 2.41. The molecule has 4 nitrogen and oxygen atoms in total. The molecule has 0 aliphatic heterocycles. The Morgan fingerprint density at radius 3 is 2.79 bits per heavy atom. The van der Waals surface area contributed by atoms with E-state index in [0.717, 1.165) is 40.8 Å². The summed E-state index contributed by atoms with van der Waals surface area (Å²) in [5, 5.41) is 0. The van der Waals surface area contributed by atoms with Crippen LogP contribution >= 0.6 is 22.6 Å². The van der Waals surface area contributed by atoms with Crippen LogP contribution in [-0.4, -0.2) is 17.1 Å². The van der Waals surface area contributed by atoms with Gasteiger partial charge in [0.2, 0.25) is 0 Å². The molecule has 2 unspecified atom stereocenters. The number of ether oxygens (including phenoxy) is 1. The number of nitrogens with zero attached hydrogens (tertiary/aromatic N) is 2. The SMILES string of the molecule is CCc1nc(C2(OC)CCCC(C)C2)nc(N)c1I. The van der Waals surface area contributed by atoms with Gasteiger partial charge in [-0.3, -0.25) is 0 Å². The van der Waals surface area contributed by atoms with Crippen molar-refractivity contribution < 1.29 is 4.74 Å². The molecule has 0 bridgehead atoms. The van der Waals surface area contributed by atoms with Gasteiger partial charge in [0, 0.05) is 7.11 Å². The van der Waals surface area contributed by atoms with E-state index in [1.54, 1.807) is 7.11 Å². The number of nitrogen functional groups attached to an aromatic ring is 1. The number of halogens is 1. The molecule has 106 valence electrons. The van der Waals surface area contributed by atoms with Crippen LogP contribution in [0.3, 0.4) is 0 Å². The van der Waals surface area contributed by atoms with Gasteiger partial charge in [-0.05, 0) is 54.2 Å². The van der Waals surface area contributed by atoms with Gasteiger partial charge < -0.3 is 10.5 Å². The number of rotatable bonds is 3. The lowest BCUT2D eigenvalue weighted by Crippen LogP contribution is -2.36. The largest absolute Gasteiger partial charge is 0.383 e. The lowest BCUT2D eigenvalue weighted by atomic mass is 9.78. The highest BCUT2D eigenvalue weighted by atomic mass is 127. The fourth-order valence-corrected chi connectivity index (χ4v) is 3.56. The lowest BCUT2D eigenvalue weighted by Gasteiger charge is -2.37. The molecule has 0 amide bonds. The fraction of sp³-hybridized carbons (Fsp3) is 0.714. The van der Waals surface area contributed by atoms with E-state index in [4.69, 9.17) is 15.5 Å². The van der Waals surface area contributed by atoms with Crippen molar-refractivity contribution >= 4 is 28.4 Å². The van der Waals surface area contributed by atoms with E-state index in [1.807, 2.05) is 0 Å². The standard InChI is InChI=1S/C14H22IN3O/c1-4-10-11(15)12(16)18-13(17-10)14(19-3)7-5-6-9(2)8-14/h9H,4-8H2,1-3H3,(H2,16,17,18). The van der Waals surface area contributed by atoms with Crippen LogP contribution in [0.15, 0.2) is 0 Å². The van der Waals surface area contributed by atoms with Crippen LogP contribution in [0.1, 0.15) is 51.0 Å². The molecule has 0 saturated heterocycles. The number of hydrogen-bond donors (Lipinski definition) is 1. The van der Waals surface area contributed by atoms with Crippen molar-refractivity contribution in [1.29, 1.82) is 0 Å². The van der Waals surface area contributed by atoms with Crippen LogP contribution in [0.4, 0.5) is 5.82 Å². The van der Waals surface area contributed by atoms with Crippen molar-refractivity contribution in [3.05, 3.63) is 15.1 Å². The third kappa shape index (κ3) is 2.86. The minimum Gasteiger partial charge on any atom is -0.383 e. The zero-order valence-electron chi connectivity index (χ0n) is 11.9. The van der Waals surface area contributed by atoms with Crippen LogP contribution < -0.4 is 5.73 Å². The molecule has 2 N–H and O–H groups in total. The maximum Gasteiger partial charge on any atom is 0.162 e. The summed E-state index contributed by atoms with van der Waals surface area (Å²) in [6.07, 6.45) is 5.24. The van der Waals surface area contributed by atoms with Crippen LogP contribution in [0.25, 0.3) is 0 Å². The first-order valence-electron chi connectivity index (χ1n) is 6.90. The topological polar surface area (TPSA) is 61.0 Å². The molecule has 1 aromatic rings. The van der Waals surface area contributed by atoms with Crippen molar-refractivity contribution in [2.75, 3.05) is 12.8 Å². The second kappa shape index (κ2) is 5.91. The Bertz CT molecular complexity index is 466. The molecule has 1 aliphatic rings. The molecule has 0 spiro atoms. The quantitative estimate of drug-likeness (QED) is 0.824. The van der Waals surface area contributed by atoms with Crippen molar-refractivity contribution in [1.82, 2.24) is 9.97 Å². The highest BCUT2D eigenvalue weighted by molar-refractivity contribution is 14.1. The van der Waals surface area contributed by atoms with Crippen molar-refractivity contribution in [3.8, 4) is 0 Å². The summed E-state index contributed by atoms with van der Waals surface area (Å²) < 4.78 is 6.82. The predicted molar refractivity (Wildman–Crippen MR) is 84.9 cm³/mol. The van der Waals surface area contributed by atoms with Gasteiger partial charge in [-0.2, -0.15) is 0 Å². The smallest absolute Gasteiger partial charge is 0.162 e. The van der Waals surface area contributed by atoms with Gasteiger partial charge in [0.25, 0.3) is 0 Å². The van der Waals surface area contributed by atoms with Gasteiger partial charge in [0.15, 0.2) is 5.82 Å². The van der Waals surface area contributed by atoms with Crippen molar-refractivity contribution in [2.45, 2.75) is 51.6 Å². The first-order chi connectivity index (χ1) is 9.02. The van der Waals surface area contributed by atoms with E-state index in [1.165, 1.54) is 6.42 Å². The van der Waals surface area contributed by atoms with Crippen molar-refractivity contribution in [2.24, 2.45) is 5.92 Å². The van der Waals surface area contributed by atoms with Crippen LogP contribution in [0, 0.1) is 9.49 Å². The van der Waals surface area contributed by atoms with E-state index in [0.29, 0.717) is 11.7 Å². The maximum absolute atomic E-state index is 6.04. The summed E-state index contributed by atoms with van der Waals surface area (Å²) in [6.45, 7) is 4.36. The minimum atomic E-state index is -0.347. The number of nitrogens with two attached hydrogens (primary N) is 1. The van der Waals surface area contributed by atoms with E-state index in [2.05, 4.69) is 41.4 Å². The minimum absolute atomic E-state index is 0.347. The molecular formula is C14H22IN3O. The Hall–Kier alpha value is -0.430. The van der Waals surface area contributed by atoms with E-state index < -0.39 is 0 Å². The Labute approximate surface area is 128 Å². The Morgan fingerprint density at radius 1 is 1.47 bits per heavy atom. The van der Waals surface area contributed by atoms with Gasteiger partial charge in [-0.15, -0.1) is 0 Å². The third-order valence-corrected chi connectivity index (χ3v) is 5.21. The molecule has 0 aromatic carbocycles. The van der Waals surface area contributed by atoms with Crippen LogP contribution in [0.2, 0.25) is 0 Å². The molecule has 0 radical (unpaired) electrons. The molecule has 1 aromatic heterocycles. The Kier molecular flexibility index (Phi) is 4.66. The molecule has 1 aliphatic carbocycles. The van der Waals surface area contributed by atoms with E-state index in [9.17, 15) is 0 Å². The zero-order valence-corrected chi connectivity index (χ0v) is 14.0. The summed E-state index contributed by atoms with van der Waals surface area (Å²) >= 11 is 2.22. The first-order valence-corrected chi connectivity index (χ1v) is 7.97. The molecule has 2 rings (SSSR count). The molecule has 1 fully saturated rings. The number of hydrogen-bond acceptors (Lipinski definition) is 4. The lowest BCUT2D eigenvalue weighted by molar-refractivity contribution is -0.0646. The summed E-state index contributed by atoms with van der Waals surface area (Å²) in [4.78, 5) is 9.25. The number of anilines is 1. The number of aromatic nitrogens is 2. The summed E-state index contributed by atoms with van der Waals surface area (Å²) in [5.41, 5.74) is 6.72. The van der Waals surface area contributed by atoms with Gasteiger partial charge in [0.05, 0.1) is 9.26 Å². The van der Waals surface area contributed by atoms with Crippen molar-refractivity contribution in [3.63, 3.8) is 0 Å². The highest BCUT2D eigenvalue weighted by Gasteiger charge is 2.40. The molecule has 5 heteroatoms. The predicted octanol–water partition coefficient (Wildman–Crippen LogP) is 3.28. The molecule has 2 atom stereocenters. The zero-order chi connectivity index (χ0) is 14.0.